The second kappa shape index (κ2) is 6.70. The van der Waals surface area contributed by atoms with E-state index in [1.165, 1.54) is 12.1 Å². The molecule has 1 unspecified atom stereocenters. The zero-order valence-electron chi connectivity index (χ0n) is 13.2. The lowest BCUT2D eigenvalue weighted by Crippen LogP contribution is -2.17. The predicted molar refractivity (Wildman–Crippen MR) is 87.1 cm³/mol. The van der Waals surface area contributed by atoms with Crippen molar-refractivity contribution in [2.24, 2.45) is 5.92 Å². The van der Waals surface area contributed by atoms with Gasteiger partial charge in [0.1, 0.15) is 11.5 Å². The van der Waals surface area contributed by atoms with Gasteiger partial charge in [-0.05, 0) is 49.1 Å². The molecule has 0 bridgehead atoms. The van der Waals surface area contributed by atoms with Gasteiger partial charge in [0.25, 0.3) is 5.69 Å². The lowest BCUT2D eigenvalue weighted by molar-refractivity contribution is -0.384. The molecule has 2 aromatic carbocycles. The first-order chi connectivity index (χ1) is 11.6. The Hall–Kier alpha value is -2.89. The summed E-state index contributed by atoms with van der Waals surface area (Å²) in [7, 11) is 0. The van der Waals surface area contributed by atoms with Gasteiger partial charge in [0.2, 0.25) is 0 Å². The van der Waals surface area contributed by atoms with Crippen molar-refractivity contribution >= 4 is 11.7 Å². The molecular formula is C18H17NO5. The van der Waals surface area contributed by atoms with Crippen LogP contribution >= 0.6 is 0 Å². The molecule has 0 saturated heterocycles. The van der Waals surface area contributed by atoms with E-state index in [9.17, 15) is 14.9 Å². The van der Waals surface area contributed by atoms with Gasteiger partial charge in [-0.25, -0.2) is 0 Å². The largest absolute Gasteiger partial charge is 0.466 e. The summed E-state index contributed by atoms with van der Waals surface area (Å²) in [5.41, 5.74) is 2.09. The lowest BCUT2D eigenvalue weighted by Gasteiger charge is -2.10. The minimum Gasteiger partial charge on any atom is -0.466 e. The molecule has 0 aromatic heterocycles. The standard InChI is InChI=1S/C18H17NO5/c1-2-23-18(20)13-10-12-4-3-5-17(16(12)11-13)24-15-8-6-14(7-9-15)19(21)22/h3-9,13H,2,10-11H2,1H3. The molecule has 1 atom stereocenters. The van der Waals surface area contributed by atoms with Gasteiger partial charge in [0.15, 0.2) is 0 Å². The van der Waals surface area contributed by atoms with Gasteiger partial charge >= 0.3 is 5.97 Å². The fraction of sp³-hybridized carbons (Fsp3) is 0.278. The highest BCUT2D eigenvalue weighted by Crippen LogP contribution is 2.36. The van der Waals surface area contributed by atoms with Crippen molar-refractivity contribution in [3.8, 4) is 11.5 Å². The Bertz CT molecular complexity index is 769. The summed E-state index contributed by atoms with van der Waals surface area (Å²) in [6.07, 6.45) is 1.23. The molecule has 2 aromatic rings. The minimum atomic E-state index is -0.450. The maximum absolute atomic E-state index is 12.0. The number of rotatable bonds is 5. The molecule has 1 aliphatic rings. The highest BCUT2D eigenvalue weighted by atomic mass is 16.6. The SMILES string of the molecule is CCOC(=O)C1Cc2cccc(Oc3ccc([N+](=O)[O-])cc3)c2C1. The fourth-order valence-corrected chi connectivity index (χ4v) is 2.90. The second-order valence-electron chi connectivity index (χ2n) is 5.60. The number of nitro groups is 1. The van der Waals surface area contributed by atoms with Crippen LogP contribution in [-0.2, 0) is 22.4 Å². The highest BCUT2D eigenvalue weighted by Gasteiger charge is 2.30. The van der Waals surface area contributed by atoms with Crippen molar-refractivity contribution in [1.82, 2.24) is 0 Å². The number of nitro benzene ring substituents is 1. The first-order valence-electron chi connectivity index (χ1n) is 7.78. The first kappa shape index (κ1) is 16.0. The van der Waals surface area contributed by atoms with E-state index in [4.69, 9.17) is 9.47 Å². The molecule has 0 saturated carbocycles. The number of hydrogen-bond acceptors (Lipinski definition) is 5. The number of nitrogens with zero attached hydrogens (tertiary/aromatic N) is 1. The molecule has 0 spiro atoms. The van der Waals surface area contributed by atoms with E-state index in [1.54, 1.807) is 19.1 Å². The summed E-state index contributed by atoms with van der Waals surface area (Å²) in [6.45, 7) is 2.17. The summed E-state index contributed by atoms with van der Waals surface area (Å²) in [6, 6.07) is 11.6. The molecule has 1 aliphatic carbocycles. The average Bonchev–Trinajstić information content (AvgIpc) is 3.01. The summed E-state index contributed by atoms with van der Waals surface area (Å²) in [5.74, 6) is 0.832. The summed E-state index contributed by atoms with van der Waals surface area (Å²) in [4.78, 5) is 22.2. The Kier molecular flexibility index (Phi) is 4.46. The lowest BCUT2D eigenvalue weighted by atomic mass is 10.1. The van der Waals surface area contributed by atoms with Gasteiger partial charge in [-0.1, -0.05) is 12.1 Å². The zero-order valence-corrected chi connectivity index (χ0v) is 13.2. The Morgan fingerprint density at radius 1 is 1.21 bits per heavy atom. The van der Waals surface area contributed by atoms with Crippen molar-refractivity contribution in [1.29, 1.82) is 0 Å². The molecule has 0 heterocycles. The van der Waals surface area contributed by atoms with Crippen LogP contribution in [-0.4, -0.2) is 17.5 Å². The van der Waals surface area contributed by atoms with Gasteiger partial charge in [-0.2, -0.15) is 0 Å². The number of hydrogen-bond donors (Lipinski definition) is 0. The molecule has 0 aliphatic heterocycles. The smallest absolute Gasteiger partial charge is 0.309 e. The van der Waals surface area contributed by atoms with Crippen molar-refractivity contribution in [3.05, 3.63) is 63.7 Å². The van der Waals surface area contributed by atoms with Crippen LogP contribution in [0.5, 0.6) is 11.5 Å². The molecule has 0 N–H and O–H groups in total. The number of carbonyl (C=O) groups excluding carboxylic acids is 1. The van der Waals surface area contributed by atoms with E-state index in [0.717, 1.165) is 11.1 Å². The number of esters is 1. The van der Waals surface area contributed by atoms with Crippen LogP contribution in [0.4, 0.5) is 5.69 Å². The van der Waals surface area contributed by atoms with Gasteiger partial charge < -0.3 is 9.47 Å². The van der Waals surface area contributed by atoms with Crippen LogP contribution in [0.15, 0.2) is 42.5 Å². The molecule has 6 nitrogen and oxygen atoms in total. The number of non-ortho nitro benzene ring substituents is 1. The predicted octanol–water partition coefficient (Wildman–Crippen LogP) is 3.67. The van der Waals surface area contributed by atoms with E-state index in [0.29, 0.717) is 30.9 Å². The third kappa shape index (κ3) is 3.22. The van der Waals surface area contributed by atoms with Crippen LogP contribution in [0.1, 0.15) is 18.1 Å². The van der Waals surface area contributed by atoms with Gasteiger partial charge in [-0.3, -0.25) is 14.9 Å². The maximum Gasteiger partial charge on any atom is 0.309 e. The van der Waals surface area contributed by atoms with E-state index in [-0.39, 0.29) is 17.6 Å². The van der Waals surface area contributed by atoms with E-state index < -0.39 is 4.92 Å². The summed E-state index contributed by atoms with van der Waals surface area (Å²) in [5, 5.41) is 10.7. The fourth-order valence-electron chi connectivity index (χ4n) is 2.90. The molecular weight excluding hydrogens is 310 g/mol. The third-order valence-electron chi connectivity index (χ3n) is 4.04. The Morgan fingerprint density at radius 2 is 1.96 bits per heavy atom. The average molecular weight is 327 g/mol. The number of benzene rings is 2. The summed E-state index contributed by atoms with van der Waals surface area (Å²) >= 11 is 0. The molecule has 0 fully saturated rings. The first-order valence-corrected chi connectivity index (χ1v) is 7.78. The van der Waals surface area contributed by atoms with Crippen LogP contribution in [0.3, 0.4) is 0 Å². The third-order valence-corrected chi connectivity index (χ3v) is 4.04. The molecule has 24 heavy (non-hydrogen) atoms. The molecule has 3 rings (SSSR count). The van der Waals surface area contributed by atoms with Gasteiger partial charge in [-0.15, -0.1) is 0 Å². The van der Waals surface area contributed by atoms with Gasteiger partial charge in [0, 0.05) is 12.1 Å². The van der Waals surface area contributed by atoms with Crippen molar-refractivity contribution < 1.29 is 19.2 Å². The number of fused-ring (bicyclic) bond motifs is 1. The van der Waals surface area contributed by atoms with Crippen LogP contribution < -0.4 is 4.74 Å². The zero-order chi connectivity index (χ0) is 17.1. The van der Waals surface area contributed by atoms with E-state index >= 15 is 0 Å². The van der Waals surface area contributed by atoms with Crippen LogP contribution in [0.2, 0.25) is 0 Å². The monoisotopic (exact) mass is 327 g/mol. The highest BCUT2D eigenvalue weighted by molar-refractivity contribution is 5.75. The van der Waals surface area contributed by atoms with Gasteiger partial charge in [0.05, 0.1) is 17.4 Å². The Labute approximate surface area is 139 Å². The van der Waals surface area contributed by atoms with Crippen molar-refractivity contribution in [2.75, 3.05) is 6.61 Å². The van der Waals surface area contributed by atoms with E-state index in [2.05, 4.69) is 0 Å². The summed E-state index contributed by atoms with van der Waals surface area (Å²) < 4.78 is 11.0. The van der Waals surface area contributed by atoms with Crippen LogP contribution in [0.25, 0.3) is 0 Å². The van der Waals surface area contributed by atoms with E-state index in [1.807, 2.05) is 18.2 Å². The Morgan fingerprint density at radius 3 is 2.62 bits per heavy atom. The molecule has 124 valence electrons. The molecule has 0 radical (unpaired) electrons. The van der Waals surface area contributed by atoms with Crippen molar-refractivity contribution in [3.63, 3.8) is 0 Å². The minimum absolute atomic E-state index is 0.0167. The maximum atomic E-state index is 12.0. The molecule has 6 heteroatoms. The number of ether oxygens (including phenoxy) is 2. The number of carbonyl (C=O) groups is 1. The van der Waals surface area contributed by atoms with Crippen molar-refractivity contribution in [2.45, 2.75) is 19.8 Å². The van der Waals surface area contributed by atoms with Crippen LogP contribution in [0, 0.1) is 16.0 Å². The second-order valence-corrected chi connectivity index (χ2v) is 5.60. The quantitative estimate of drug-likeness (QED) is 0.476. The topological polar surface area (TPSA) is 78.7 Å². The molecule has 0 amide bonds. The Balaban J connectivity index is 1.78. The normalized spacial score (nSPS) is 15.6.